The zero-order valence-electron chi connectivity index (χ0n) is 16.4. The number of anilines is 1. The summed E-state index contributed by atoms with van der Waals surface area (Å²) in [6.45, 7) is -0.398. The number of halogens is 1. The normalized spacial score (nSPS) is 25.8. The minimum atomic E-state index is -0.660. The second-order valence-corrected chi connectivity index (χ2v) is 8.50. The summed E-state index contributed by atoms with van der Waals surface area (Å²) >= 11 is 5.80. The van der Waals surface area contributed by atoms with Gasteiger partial charge in [0, 0.05) is 10.6 Å². The van der Waals surface area contributed by atoms with E-state index in [2.05, 4.69) is 0 Å². The van der Waals surface area contributed by atoms with Crippen LogP contribution in [0.25, 0.3) is 0 Å². The molecule has 156 valence electrons. The van der Waals surface area contributed by atoms with Gasteiger partial charge in [0.25, 0.3) is 0 Å². The van der Waals surface area contributed by atoms with E-state index in [0.29, 0.717) is 16.3 Å². The largest absolute Gasteiger partial charge is 0.454 e. The van der Waals surface area contributed by atoms with E-state index in [1.54, 1.807) is 36.4 Å². The zero-order chi connectivity index (χ0) is 21.7. The van der Waals surface area contributed by atoms with Gasteiger partial charge in [-0.1, -0.05) is 23.8 Å². The summed E-state index contributed by atoms with van der Waals surface area (Å²) in [6.07, 6.45) is 4.97. The number of hydrogen-bond acceptors (Lipinski definition) is 5. The number of allylic oxidation sites excluding steroid dienone is 2. The number of fused-ring (bicyclic) bond motifs is 5. The lowest BCUT2D eigenvalue weighted by Gasteiger charge is -2.17. The molecule has 1 saturated carbocycles. The fourth-order valence-electron chi connectivity index (χ4n) is 4.84. The zero-order valence-corrected chi connectivity index (χ0v) is 17.1. The number of carbonyl (C=O) groups excluding carboxylic acids is 4. The maximum Gasteiger partial charge on any atom is 0.338 e. The summed E-state index contributed by atoms with van der Waals surface area (Å²) in [7, 11) is 0. The highest BCUT2D eigenvalue weighted by Crippen LogP contribution is 2.53. The van der Waals surface area contributed by atoms with Crippen LogP contribution in [0.3, 0.4) is 0 Å². The Morgan fingerprint density at radius 3 is 2.00 bits per heavy atom. The van der Waals surface area contributed by atoms with Crippen LogP contribution in [0.4, 0.5) is 5.69 Å². The molecule has 0 N–H and O–H groups in total. The highest BCUT2D eigenvalue weighted by molar-refractivity contribution is 6.30. The summed E-state index contributed by atoms with van der Waals surface area (Å²) in [4.78, 5) is 51.4. The summed E-state index contributed by atoms with van der Waals surface area (Å²) in [5.41, 5.74) is 1.07. The fraction of sp³-hybridized carbons (Fsp3) is 0.250. The Kier molecular flexibility index (Phi) is 4.74. The number of ether oxygens (including phenoxy) is 1. The van der Waals surface area contributed by atoms with Crippen LogP contribution >= 0.6 is 11.6 Å². The molecule has 7 heteroatoms. The molecule has 3 aliphatic rings. The second kappa shape index (κ2) is 7.46. The molecule has 1 saturated heterocycles. The van der Waals surface area contributed by atoms with Gasteiger partial charge >= 0.3 is 5.97 Å². The second-order valence-electron chi connectivity index (χ2n) is 8.06. The van der Waals surface area contributed by atoms with Crippen LogP contribution in [0.1, 0.15) is 27.1 Å². The van der Waals surface area contributed by atoms with Crippen molar-refractivity contribution in [1.29, 1.82) is 0 Å². The van der Waals surface area contributed by atoms with Gasteiger partial charge in [0.15, 0.2) is 12.4 Å². The van der Waals surface area contributed by atoms with Crippen LogP contribution in [-0.2, 0) is 14.3 Å². The van der Waals surface area contributed by atoms with E-state index < -0.39 is 12.6 Å². The van der Waals surface area contributed by atoms with Crippen molar-refractivity contribution < 1.29 is 23.9 Å². The molecule has 0 spiro atoms. The number of carbonyl (C=O) groups is 4. The molecular formula is C24H18ClNO5. The molecule has 0 unspecified atom stereocenters. The van der Waals surface area contributed by atoms with Crippen molar-refractivity contribution >= 4 is 40.9 Å². The minimum Gasteiger partial charge on any atom is -0.454 e. The Bertz CT molecular complexity index is 1090. The first-order chi connectivity index (χ1) is 14.9. The summed E-state index contributed by atoms with van der Waals surface area (Å²) < 4.78 is 5.10. The molecule has 2 aromatic rings. The van der Waals surface area contributed by atoms with E-state index in [4.69, 9.17) is 16.3 Å². The lowest BCUT2D eigenvalue weighted by Crippen LogP contribution is -2.32. The number of ketones is 1. The molecule has 2 amide bonds. The van der Waals surface area contributed by atoms with Crippen LogP contribution < -0.4 is 4.90 Å². The third-order valence-corrected chi connectivity index (χ3v) is 6.58. The number of hydrogen-bond donors (Lipinski definition) is 0. The van der Waals surface area contributed by atoms with E-state index in [1.165, 1.54) is 17.0 Å². The van der Waals surface area contributed by atoms with Gasteiger partial charge < -0.3 is 4.74 Å². The van der Waals surface area contributed by atoms with E-state index in [9.17, 15) is 19.2 Å². The van der Waals surface area contributed by atoms with Gasteiger partial charge in [-0.25, -0.2) is 4.79 Å². The molecular weight excluding hydrogens is 418 g/mol. The fourth-order valence-corrected chi connectivity index (χ4v) is 4.96. The molecule has 2 aliphatic carbocycles. The van der Waals surface area contributed by atoms with Crippen LogP contribution in [0, 0.1) is 23.7 Å². The predicted octanol–water partition coefficient (Wildman–Crippen LogP) is 3.69. The number of Topliss-reactive ketones (excluding diaryl/α,β-unsaturated/α-hetero) is 1. The third kappa shape index (κ3) is 3.27. The van der Waals surface area contributed by atoms with Gasteiger partial charge in [0.2, 0.25) is 11.8 Å². The van der Waals surface area contributed by atoms with Crippen molar-refractivity contribution in [2.75, 3.05) is 11.5 Å². The summed E-state index contributed by atoms with van der Waals surface area (Å²) in [5, 5.41) is 0.510. The van der Waals surface area contributed by atoms with Crippen LogP contribution in [0.5, 0.6) is 0 Å². The highest BCUT2D eigenvalue weighted by Gasteiger charge is 2.59. The van der Waals surface area contributed by atoms with Gasteiger partial charge in [-0.05, 0) is 66.8 Å². The van der Waals surface area contributed by atoms with Crippen LogP contribution in [0.2, 0.25) is 5.02 Å². The Balaban J connectivity index is 1.24. The van der Waals surface area contributed by atoms with Crippen molar-refractivity contribution in [2.45, 2.75) is 6.42 Å². The molecule has 31 heavy (non-hydrogen) atoms. The van der Waals surface area contributed by atoms with E-state index in [-0.39, 0.29) is 46.8 Å². The van der Waals surface area contributed by atoms with Gasteiger partial charge in [-0.2, -0.15) is 0 Å². The standard InChI is InChI=1S/C24H18ClNO5/c25-17-7-3-13(4-8-17)19(27)12-31-24(30)14-5-9-18(10-6-14)26-22(28)20-15-1-2-16(11-15)21(20)23(26)29/h1-10,15-16,20-21H,11-12H2/t15-,16+,20+,21-. The maximum atomic E-state index is 12.9. The minimum absolute atomic E-state index is 0.142. The number of rotatable bonds is 5. The predicted molar refractivity (Wildman–Crippen MR) is 113 cm³/mol. The Morgan fingerprint density at radius 1 is 0.871 bits per heavy atom. The lowest BCUT2D eigenvalue weighted by molar-refractivity contribution is -0.123. The Hall–Kier alpha value is -3.25. The first-order valence-corrected chi connectivity index (χ1v) is 10.4. The Morgan fingerprint density at radius 2 is 1.42 bits per heavy atom. The van der Waals surface area contributed by atoms with Crippen LogP contribution in [0.15, 0.2) is 60.7 Å². The molecule has 2 fully saturated rings. The van der Waals surface area contributed by atoms with E-state index >= 15 is 0 Å². The number of imide groups is 1. The van der Waals surface area contributed by atoms with Crippen molar-refractivity contribution in [3.8, 4) is 0 Å². The first kappa shape index (κ1) is 19.7. The van der Waals surface area contributed by atoms with Crippen LogP contribution in [-0.4, -0.2) is 30.2 Å². The first-order valence-electron chi connectivity index (χ1n) is 10.1. The average molecular weight is 436 g/mol. The molecule has 1 aliphatic heterocycles. The van der Waals surface area contributed by atoms with Gasteiger partial charge in [0.05, 0.1) is 23.1 Å². The van der Waals surface area contributed by atoms with Crippen molar-refractivity contribution in [1.82, 2.24) is 0 Å². The van der Waals surface area contributed by atoms with Gasteiger partial charge in [-0.15, -0.1) is 0 Å². The van der Waals surface area contributed by atoms with Crippen molar-refractivity contribution in [3.05, 3.63) is 76.8 Å². The highest BCUT2D eigenvalue weighted by atomic mass is 35.5. The van der Waals surface area contributed by atoms with Crippen molar-refractivity contribution in [2.24, 2.45) is 23.7 Å². The smallest absolute Gasteiger partial charge is 0.338 e. The summed E-state index contributed by atoms with van der Waals surface area (Å²) in [5.74, 6) is -1.60. The average Bonchev–Trinajstić information content (AvgIpc) is 3.46. The number of amides is 2. The molecule has 6 nitrogen and oxygen atoms in total. The molecule has 2 aromatic carbocycles. The number of esters is 1. The summed E-state index contributed by atoms with van der Waals surface area (Å²) in [6, 6.07) is 12.4. The van der Waals surface area contributed by atoms with E-state index in [0.717, 1.165) is 6.42 Å². The number of benzene rings is 2. The van der Waals surface area contributed by atoms with Gasteiger partial charge in [0.1, 0.15) is 0 Å². The van der Waals surface area contributed by atoms with Crippen molar-refractivity contribution in [3.63, 3.8) is 0 Å². The molecule has 1 heterocycles. The quantitative estimate of drug-likeness (QED) is 0.309. The topological polar surface area (TPSA) is 80.8 Å². The third-order valence-electron chi connectivity index (χ3n) is 6.33. The molecule has 2 bridgehead atoms. The molecule has 5 rings (SSSR count). The SMILES string of the molecule is O=C(COC(=O)c1ccc(N2C(=O)[C@@H]3[C@H](C2=O)[C@H]2C=C[C@@H]3C2)cc1)c1ccc(Cl)cc1. The molecule has 0 aromatic heterocycles. The lowest BCUT2D eigenvalue weighted by atomic mass is 9.85. The maximum absolute atomic E-state index is 12.9. The van der Waals surface area contributed by atoms with Gasteiger partial charge in [-0.3, -0.25) is 19.3 Å². The molecule has 0 radical (unpaired) electrons. The van der Waals surface area contributed by atoms with E-state index in [1.807, 2.05) is 12.2 Å². The molecule has 4 atom stereocenters. The number of nitrogens with zero attached hydrogens (tertiary/aromatic N) is 1. The Labute approximate surface area is 183 Å². The monoisotopic (exact) mass is 435 g/mol.